The van der Waals surface area contributed by atoms with Gasteiger partial charge in [0.1, 0.15) is 0 Å². The van der Waals surface area contributed by atoms with Gasteiger partial charge in [-0.25, -0.2) is 0 Å². The molecule has 0 aliphatic rings. The maximum absolute atomic E-state index is 12.7. The lowest BCUT2D eigenvalue weighted by molar-refractivity contribution is -0.174. The molecule has 0 amide bonds. The molecule has 0 aliphatic carbocycles. The van der Waals surface area contributed by atoms with Gasteiger partial charge in [0.25, 0.3) is 0 Å². The van der Waals surface area contributed by atoms with Crippen molar-refractivity contribution in [1.29, 1.82) is 0 Å². The number of ether oxygens (including phenoxy) is 2. The molecule has 0 bridgehead atoms. The molecule has 0 saturated heterocycles. The number of hydrogen-bond acceptors (Lipinski definition) is 4. The summed E-state index contributed by atoms with van der Waals surface area (Å²) in [6.07, 6.45) is 19.6. The Hall–Kier alpha value is -1.06. The Labute approximate surface area is 199 Å². The van der Waals surface area contributed by atoms with E-state index in [-0.39, 0.29) is 0 Å². The van der Waals surface area contributed by atoms with Gasteiger partial charge in [0.05, 0.1) is 13.2 Å². The second-order valence-corrected chi connectivity index (χ2v) is 9.66. The second kappa shape index (κ2) is 20.5. The number of rotatable bonds is 22. The first-order valence-corrected chi connectivity index (χ1v) is 13.8. The molecule has 0 spiro atoms. The SMILES string of the molecule is CCCCCCCCCCCCCCCOC(=O)C(CC)(CC)C(=O)OCC(C)CCC. The third kappa shape index (κ3) is 13.5. The predicted octanol–water partition coefficient (Wildman–Crippen LogP) is 8.41. The molecule has 1 atom stereocenters. The zero-order chi connectivity index (χ0) is 24.1. The molecule has 0 rings (SSSR count). The van der Waals surface area contributed by atoms with Gasteiger partial charge in [-0.2, -0.15) is 0 Å². The van der Waals surface area contributed by atoms with Crippen LogP contribution in [0.4, 0.5) is 0 Å². The van der Waals surface area contributed by atoms with E-state index in [4.69, 9.17) is 9.47 Å². The second-order valence-electron chi connectivity index (χ2n) is 9.66. The number of carbonyl (C=O) groups excluding carboxylic acids is 2. The normalized spacial score (nSPS) is 12.5. The highest BCUT2D eigenvalue weighted by molar-refractivity contribution is 5.99. The van der Waals surface area contributed by atoms with E-state index in [9.17, 15) is 9.59 Å². The highest BCUT2D eigenvalue weighted by Gasteiger charge is 2.45. The van der Waals surface area contributed by atoms with Crippen molar-refractivity contribution in [2.24, 2.45) is 11.3 Å². The molecule has 0 N–H and O–H groups in total. The van der Waals surface area contributed by atoms with Gasteiger partial charge in [0.15, 0.2) is 5.41 Å². The van der Waals surface area contributed by atoms with Crippen LogP contribution >= 0.6 is 0 Å². The largest absolute Gasteiger partial charge is 0.465 e. The Morgan fingerprint density at radius 2 is 1.06 bits per heavy atom. The van der Waals surface area contributed by atoms with Crippen LogP contribution in [0.15, 0.2) is 0 Å². The Balaban J connectivity index is 3.95. The Bertz CT molecular complexity index is 456. The van der Waals surface area contributed by atoms with Crippen LogP contribution in [-0.4, -0.2) is 25.2 Å². The van der Waals surface area contributed by atoms with Crippen molar-refractivity contribution in [2.75, 3.05) is 13.2 Å². The molecule has 32 heavy (non-hydrogen) atoms. The molecular formula is C28H54O4. The van der Waals surface area contributed by atoms with Crippen molar-refractivity contribution in [3.8, 4) is 0 Å². The maximum atomic E-state index is 12.7. The lowest BCUT2D eigenvalue weighted by Gasteiger charge is -2.27. The van der Waals surface area contributed by atoms with Gasteiger partial charge < -0.3 is 9.47 Å². The van der Waals surface area contributed by atoms with Crippen molar-refractivity contribution in [3.63, 3.8) is 0 Å². The Kier molecular flexibility index (Phi) is 19.9. The van der Waals surface area contributed by atoms with Crippen molar-refractivity contribution >= 4 is 11.9 Å². The monoisotopic (exact) mass is 454 g/mol. The average Bonchev–Trinajstić information content (AvgIpc) is 2.79. The van der Waals surface area contributed by atoms with E-state index in [0.717, 1.165) is 25.7 Å². The van der Waals surface area contributed by atoms with Gasteiger partial charge in [-0.15, -0.1) is 0 Å². The maximum Gasteiger partial charge on any atom is 0.323 e. The van der Waals surface area contributed by atoms with Gasteiger partial charge in [-0.05, 0) is 31.6 Å². The van der Waals surface area contributed by atoms with Crippen LogP contribution in [0.3, 0.4) is 0 Å². The standard InChI is InChI=1S/C28H54O4/c1-6-10-11-12-13-14-15-16-17-18-19-20-21-23-31-26(29)28(8-3,9-4)27(30)32-24-25(5)22-7-2/h25H,6-24H2,1-5H3. The van der Waals surface area contributed by atoms with E-state index in [1.54, 1.807) is 0 Å². The van der Waals surface area contributed by atoms with E-state index in [2.05, 4.69) is 20.8 Å². The molecule has 0 aromatic carbocycles. The summed E-state index contributed by atoms with van der Waals surface area (Å²) in [5, 5.41) is 0. The van der Waals surface area contributed by atoms with E-state index >= 15 is 0 Å². The van der Waals surface area contributed by atoms with Crippen LogP contribution < -0.4 is 0 Å². The topological polar surface area (TPSA) is 52.6 Å². The molecule has 4 nitrogen and oxygen atoms in total. The third-order valence-corrected chi connectivity index (χ3v) is 6.75. The fourth-order valence-electron chi connectivity index (χ4n) is 4.27. The molecule has 4 heteroatoms. The summed E-state index contributed by atoms with van der Waals surface area (Å²) < 4.78 is 11.0. The molecule has 1 unspecified atom stereocenters. The van der Waals surface area contributed by atoms with Crippen LogP contribution in [0.2, 0.25) is 0 Å². The molecule has 0 aromatic rings. The number of hydrogen-bond donors (Lipinski definition) is 0. The predicted molar refractivity (Wildman–Crippen MR) is 135 cm³/mol. The molecule has 0 radical (unpaired) electrons. The lowest BCUT2D eigenvalue weighted by atomic mass is 9.82. The molecule has 0 fully saturated rings. The zero-order valence-electron chi connectivity index (χ0n) is 22.1. The minimum Gasteiger partial charge on any atom is -0.465 e. The fourth-order valence-corrected chi connectivity index (χ4v) is 4.27. The first-order valence-electron chi connectivity index (χ1n) is 13.8. The number of carbonyl (C=O) groups is 2. The molecule has 190 valence electrons. The van der Waals surface area contributed by atoms with Gasteiger partial charge in [-0.3, -0.25) is 9.59 Å². The summed E-state index contributed by atoms with van der Waals surface area (Å²) in [7, 11) is 0. The Morgan fingerprint density at radius 1 is 0.625 bits per heavy atom. The molecule has 0 heterocycles. The van der Waals surface area contributed by atoms with Gasteiger partial charge in [-0.1, -0.05) is 118 Å². The van der Waals surface area contributed by atoms with E-state index in [1.165, 1.54) is 70.6 Å². The smallest absolute Gasteiger partial charge is 0.323 e. The highest BCUT2D eigenvalue weighted by atomic mass is 16.6. The summed E-state index contributed by atoms with van der Waals surface area (Å²) >= 11 is 0. The van der Waals surface area contributed by atoms with Gasteiger partial charge in [0, 0.05) is 0 Å². The van der Waals surface area contributed by atoms with Crippen molar-refractivity contribution < 1.29 is 19.1 Å². The third-order valence-electron chi connectivity index (χ3n) is 6.75. The highest BCUT2D eigenvalue weighted by Crippen LogP contribution is 2.30. The minimum atomic E-state index is -1.15. The summed E-state index contributed by atoms with van der Waals surface area (Å²) in [5.41, 5.74) is -1.15. The average molecular weight is 455 g/mol. The summed E-state index contributed by atoms with van der Waals surface area (Å²) in [4.78, 5) is 25.4. The van der Waals surface area contributed by atoms with Crippen LogP contribution in [0, 0.1) is 11.3 Å². The van der Waals surface area contributed by atoms with Crippen molar-refractivity contribution in [1.82, 2.24) is 0 Å². The van der Waals surface area contributed by atoms with E-state index in [0.29, 0.717) is 32.0 Å². The first-order chi connectivity index (χ1) is 15.5. The van der Waals surface area contributed by atoms with E-state index < -0.39 is 17.4 Å². The van der Waals surface area contributed by atoms with Crippen LogP contribution in [-0.2, 0) is 19.1 Å². The van der Waals surface area contributed by atoms with Crippen LogP contribution in [0.1, 0.15) is 144 Å². The van der Waals surface area contributed by atoms with E-state index in [1.807, 2.05) is 13.8 Å². The van der Waals surface area contributed by atoms with Gasteiger partial charge >= 0.3 is 11.9 Å². The zero-order valence-corrected chi connectivity index (χ0v) is 22.1. The molecule has 0 aromatic heterocycles. The summed E-state index contributed by atoms with van der Waals surface area (Å²) in [5.74, 6) is -0.507. The molecule has 0 aliphatic heterocycles. The number of unbranched alkanes of at least 4 members (excludes halogenated alkanes) is 12. The minimum absolute atomic E-state index is 0.317. The quantitative estimate of drug-likeness (QED) is 0.0935. The Morgan fingerprint density at radius 3 is 1.50 bits per heavy atom. The molecule has 0 saturated carbocycles. The first kappa shape index (κ1) is 30.9. The van der Waals surface area contributed by atoms with Crippen molar-refractivity contribution in [2.45, 2.75) is 144 Å². The number of esters is 2. The lowest BCUT2D eigenvalue weighted by Crippen LogP contribution is -2.41. The molecular weight excluding hydrogens is 400 g/mol. The summed E-state index contributed by atoms with van der Waals surface area (Å²) in [6, 6.07) is 0. The fraction of sp³-hybridized carbons (Fsp3) is 0.929. The van der Waals surface area contributed by atoms with Gasteiger partial charge in [0.2, 0.25) is 0 Å². The summed E-state index contributed by atoms with van der Waals surface area (Å²) in [6.45, 7) is 11.0. The van der Waals surface area contributed by atoms with Crippen LogP contribution in [0.25, 0.3) is 0 Å². The van der Waals surface area contributed by atoms with Crippen LogP contribution in [0.5, 0.6) is 0 Å². The van der Waals surface area contributed by atoms with Crippen molar-refractivity contribution in [3.05, 3.63) is 0 Å².